The van der Waals surface area contributed by atoms with Crippen LogP contribution in [0.5, 0.6) is 0 Å². The number of aromatic amines is 1. The summed E-state index contributed by atoms with van der Waals surface area (Å²) in [6.07, 6.45) is 6.10. The standard InChI is InChI=1S/C19H22N4O2/c1-14-11-23(17(24)16-5-3-8-21-16)13-19(14)6-9-22(18(19)25)12-15-4-2-7-20-10-15/h2-5,7-8,10,14,21H,6,9,11-13H2,1H3/t14-,19-/m1/s1. The molecule has 2 saturated heterocycles. The lowest BCUT2D eigenvalue weighted by Crippen LogP contribution is -2.40. The minimum absolute atomic E-state index is 0.0211. The maximum Gasteiger partial charge on any atom is 0.270 e. The minimum Gasteiger partial charge on any atom is -0.357 e. The highest BCUT2D eigenvalue weighted by molar-refractivity contribution is 5.94. The Balaban J connectivity index is 1.50. The molecule has 4 rings (SSSR count). The van der Waals surface area contributed by atoms with Gasteiger partial charge in [0.25, 0.3) is 5.91 Å². The quantitative estimate of drug-likeness (QED) is 0.929. The molecule has 2 fully saturated rings. The van der Waals surface area contributed by atoms with Gasteiger partial charge in [0.2, 0.25) is 5.91 Å². The van der Waals surface area contributed by atoms with Gasteiger partial charge in [-0.15, -0.1) is 0 Å². The number of likely N-dealkylation sites (tertiary alicyclic amines) is 2. The molecular formula is C19H22N4O2. The Morgan fingerprint density at radius 3 is 3.00 bits per heavy atom. The molecule has 2 atom stereocenters. The Bertz CT molecular complexity index is 774. The second kappa shape index (κ2) is 6.02. The fourth-order valence-electron chi connectivity index (χ4n) is 4.18. The Morgan fingerprint density at radius 1 is 1.40 bits per heavy atom. The Morgan fingerprint density at radius 2 is 2.28 bits per heavy atom. The van der Waals surface area contributed by atoms with E-state index in [4.69, 9.17) is 0 Å². The van der Waals surface area contributed by atoms with Crippen LogP contribution in [0.15, 0.2) is 42.9 Å². The number of aromatic nitrogens is 2. The predicted octanol–water partition coefficient (Wildman–Crippen LogP) is 1.92. The van der Waals surface area contributed by atoms with Gasteiger partial charge in [0.15, 0.2) is 0 Å². The van der Waals surface area contributed by atoms with Crippen molar-refractivity contribution < 1.29 is 9.59 Å². The normalized spacial score (nSPS) is 26.0. The molecule has 0 aromatic carbocycles. The van der Waals surface area contributed by atoms with Crippen molar-refractivity contribution in [2.45, 2.75) is 19.9 Å². The summed E-state index contributed by atoms with van der Waals surface area (Å²) in [7, 11) is 0. The number of amides is 2. The molecular weight excluding hydrogens is 316 g/mol. The highest BCUT2D eigenvalue weighted by Gasteiger charge is 2.55. The monoisotopic (exact) mass is 338 g/mol. The lowest BCUT2D eigenvalue weighted by atomic mass is 9.78. The molecule has 6 heteroatoms. The molecule has 2 aromatic rings. The van der Waals surface area contributed by atoms with Crippen LogP contribution in [-0.2, 0) is 11.3 Å². The van der Waals surface area contributed by atoms with Crippen molar-refractivity contribution in [3.8, 4) is 0 Å². The molecule has 0 radical (unpaired) electrons. The summed E-state index contributed by atoms with van der Waals surface area (Å²) < 4.78 is 0. The lowest BCUT2D eigenvalue weighted by molar-refractivity contribution is -0.137. The van der Waals surface area contributed by atoms with Crippen molar-refractivity contribution in [2.24, 2.45) is 11.3 Å². The molecule has 130 valence electrons. The van der Waals surface area contributed by atoms with Crippen LogP contribution in [0.1, 0.15) is 29.4 Å². The number of nitrogens with one attached hydrogen (secondary N) is 1. The topological polar surface area (TPSA) is 69.3 Å². The van der Waals surface area contributed by atoms with Crippen LogP contribution in [-0.4, -0.2) is 51.2 Å². The van der Waals surface area contributed by atoms with Gasteiger partial charge in [0.1, 0.15) is 5.69 Å². The predicted molar refractivity (Wildman–Crippen MR) is 92.6 cm³/mol. The van der Waals surface area contributed by atoms with Crippen LogP contribution in [0.4, 0.5) is 0 Å². The lowest BCUT2D eigenvalue weighted by Gasteiger charge is -2.26. The summed E-state index contributed by atoms with van der Waals surface area (Å²) in [5.41, 5.74) is 1.18. The number of pyridine rings is 1. The summed E-state index contributed by atoms with van der Waals surface area (Å²) in [4.78, 5) is 36.6. The van der Waals surface area contributed by atoms with Crippen LogP contribution in [0.3, 0.4) is 0 Å². The first-order chi connectivity index (χ1) is 12.1. The summed E-state index contributed by atoms with van der Waals surface area (Å²) >= 11 is 0. The third kappa shape index (κ3) is 2.62. The Kier molecular flexibility index (Phi) is 3.82. The maximum absolute atomic E-state index is 13.2. The molecule has 2 aliphatic heterocycles. The molecule has 0 bridgehead atoms. The van der Waals surface area contributed by atoms with Gasteiger partial charge in [-0.25, -0.2) is 0 Å². The molecule has 0 saturated carbocycles. The fraction of sp³-hybridized carbons (Fsp3) is 0.421. The molecule has 0 aliphatic carbocycles. The van der Waals surface area contributed by atoms with E-state index < -0.39 is 5.41 Å². The molecule has 25 heavy (non-hydrogen) atoms. The van der Waals surface area contributed by atoms with Crippen molar-refractivity contribution in [1.29, 1.82) is 0 Å². The second-order valence-corrected chi connectivity index (χ2v) is 7.16. The number of H-pyrrole nitrogens is 1. The molecule has 4 heterocycles. The number of carbonyl (C=O) groups is 2. The number of hydrogen-bond donors (Lipinski definition) is 1. The average molecular weight is 338 g/mol. The number of carbonyl (C=O) groups excluding carboxylic acids is 2. The van der Waals surface area contributed by atoms with E-state index in [1.54, 1.807) is 24.7 Å². The van der Waals surface area contributed by atoms with E-state index in [-0.39, 0.29) is 17.7 Å². The van der Waals surface area contributed by atoms with E-state index in [1.165, 1.54) is 0 Å². The van der Waals surface area contributed by atoms with Crippen molar-refractivity contribution in [3.63, 3.8) is 0 Å². The van der Waals surface area contributed by atoms with Crippen molar-refractivity contribution in [2.75, 3.05) is 19.6 Å². The zero-order chi connectivity index (χ0) is 17.4. The SMILES string of the molecule is C[C@@H]1CN(C(=O)c2ccc[nH]2)C[C@]12CCN(Cc1cccnc1)C2=O. The van der Waals surface area contributed by atoms with Crippen LogP contribution in [0.2, 0.25) is 0 Å². The largest absolute Gasteiger partial charge is 0.357 e. The molecule has 2 amide bonds. The Labute approximate surface area is 146 Å². The third-order valence-corrected chi connectivity index (χ3v) is 5.66. The van der Waals surface area contributed by atoms with Crippen LogP contribution in [0, 0.1) is 11.3 Å². The van der Waals surface area contributed by atoms with Crippen molar-refractivity contribution >= 4 is 11.8 Å². The summed E-state index contributed by atoms with van der Waals surface area (Å²) in [6.45, 7) is 4.56. The van der Waals surface area contributed by atoms with Gasteiger partial charge in [-0.1, -0.05) is 13.0 Å². The highest BCUT2D eigenvalue weighted by atomic mass is 16.2. The molecule has 6 nitrogen and oxygen atoms in total. The van der Waals surface area contributed by atoms with E-state index in [0.29, 0.717) is 25.3 Å². The van der Waals surface area contributed by atoms with E-state index in [1.807, 2.05) is 28.0 Å². The molecule has 2 aromatic heterocycles. The van der Waals surface area contributed by atoms with Gasteiger partial charge in [0.05, 0.1) is 5.41 Å². The fourth-order valence-corrected chi connectivity index (χ4v) is 4.18. The van der Waals surface area contributed by atoms with E-state index in [2.05, 4.69) is 16.9 Å². The average Bonchev–Trinajstić information content (AvgIpc) is 3.33. The van der Waals surface area contributed by atoms with Crippen LogP contribution < -0.4 is 0 Å². The van der Waals surface area contributed by atoms with Gasteiger partial charge < -0.3 is 14.8 Å². The first kappa shape index (κ1) is 15.9. The van der Waals surface area contributed by atoms with Gasteiger partial charge in [-0.2, -0.15) is 0 Å². The van der Waals surface area contributed by atoms with Gasteiger partial charge in [-0.05, 0) is 36.1 Å². The van der Waals surface area contributed by atoms with Crippen LogP contribution in [0.25, 0.3) is 0 Å². The summed E-state index contributed by atoms with van der Waals surface area (Å²) in [5, 5.41) is 0. The number of nitrogens with zero attached hydrogens (tertiary/aromatic N) is 3. The minimum atomic E-state index is -0.440. The van der Waals surface area contributed by atoms with Crippen molar-refractivity contribution in [1.82, 2.24) is 19.8 Å². The highest BCUT2D eigenvalue weighted by Crippen LogP contribution is 2.45. The zero-order valence-electron chi connectivity index (χ0n) is 14.3. The molecule has 0 unspecified atom stereocenters. The van der Waals surface area contributed by atoms with Gasteiger partial charge in [0, 0.05) is 44.8 Å². The van der Waals surface area contributed by atoms with E-state index >= 15 is 0 Å². The third-order valence-electron chi connectivity index (χ3n) is 5.66. The zero-order valence-corrected chi connectivity index (χ0v) is 14.3. The molecule has 1 N–H and O–H groups in total. The number of hydrogen-bond acceptors (Lipinski definition) is 3. The van der Waals surface area contributed by atoms with Gasteiger partial charge in [-0.3, -0.25) is 14.6 Å². The van der Waals surface area contributed by atoms with E-state index in [0.717, 1.165) is 18.5 Å². The maximum atomic E-state index is 13.2. The van der Waals surface area contributed by atoms with Gasteiger partial charge >= 0.3 is 0 Å². The summed E-state index contributed by atoms with van der Waals surface area (Å²) in [5.74, 6) is 0.315. The first-order valence-electron chi connectivity index (χ1n) is 8.71. The molecule has 1 spiro atoms. The number of rotatable bonds is 3. The first-order valence-corrected chi connectivity index (χ1v) is 8.71. The van der Waals surface area contributed by atoms with Crippen LogP contribution >= 0.6 is 0 Å². The second-order valence-electron chi connectivity index (χ2n) is 7.16. The smallest absolute Gasteiger partial charge is 0.270 e. The van der Waals surface area contributed by atoms with E-state index in [9.17, 15) is 9.59 Å². The van der Waals surface area contributed by atoms with Crippen molar-refractivity contribution in [3.05, 3.63) is 54.1 Å². The Hall–Kier alpha value is -2.63. The summed E-state index contributed by atoms with van der Waals surface area (Å²) in [6, 6.07) is 7.48. The molecule has 2 aliphatic rings.